The number of hydrogen-bond acceptors (Lipinski definition) is 4. The monoisotopic (exact) mass is 369 g/mol. The largest absolute Gasteiger partial charge is 0.378 e. The van der Waals surface area contributed by atoms with Crippen LogP contribution in [-0.4, -0.2) is 53.3 Å². The highest BCUT2D eigenvalue weighted by molar-refractivity contribution is 5.92. The van der Waals surface area contributed by atoms with Crippen LogP contribution in [0.4, 0.5) is 16.3 Å². The van der Waals surface area contributed by atoms with Crippen LogP contribution in [-0.2, 0) is 16.0 Å². The molecule has 1 aromatic heterocycles. The second-order valence-electron chi connectivity index (χ2n) is 6.93. The van der Waals surface area contributed by atoms with Gasteiger partial charge in [-0.25, -0.2) is 4.79 Å². The van der Waals surface area contributed by atoms with Crippen molar-refractivity contribution in [2.45, 2.75) is 25.2 Å². The number of aromatic nitrogens is 2. The summed E-state index contributed by atoms with van der Waals surface area (Å²) in [7, 11) is 0. The predicted molar refractivity (Wildman–Crippen MR) is 101 cm³/mol. The van der Waals surface area contributed by atoms with Gasteiger partial charge in [-0.15, -0.1) is 0 Å². The van der Waals surface area contributed by atoms with Crippen LogP contribution in [0.2, 0.25) is 0 Å². The van der Waals surface area contributed by atoms with Crippen LogP contribution in [0.15, 0.2) is 30.3 Å². The molecule has 1 saturated carbocycles. The van der Waals surface area contributed by atoms with Crippen molar-refractivity contribution < 1.29 is 14.3 Å². The number of anilines is 2. The lowest BCUT2D eigenvalue weighted by molar-refractivity contribution is -0.115. The van der Waals surface area contributed by atoms with Crippen molar-refractivity contribution in [3.05, 3.63) is 41.6 Å². The van der Waals surface area contributed by atoms with E-state index >= 15 is 0 Å². The van der Waals surface area contributed by atoms with E-state index in [4.69, 9.17) is 4.74 Å². The lowest BCUT2D eigenvalue weighted by atomic mass is 10.1. The first-order chi connectivity index (χ1) is 13.2. The van der Waals surface area contributed by atoms with Gasteiger partial charge in [0.05, 0.1) is 25.3 Å². The topological polar surface area (TPSA) is 99.3 Å². The van der Waals surface area contributed by atoms with Gasteiger partial charge < -0.3 is 20.3 Å². The van der Waals surface area contributed by atoms with E-state index in [-0.39, 0.29) is 18.4 Å². The highest BCUT2D eigenvalue weighted by Gasteiger charge is 2.26. The predicted octanol–water partition coefficient (Wildman–Crippen LogP) is 2.33. The van der Waals surface area contributed by atoms with Crippen LogP contribution < -0.4 is 10.6 Å². The van der Waals surface area contributed by atoms with E-state index in [1.807, 2.05) is 30.3 Å². The van der Waals surface area contributed by atoms with Crippen molar-refractivity contribution in [1.29, 1.82) is 0 Å². The molecule has 8 nitrogen and oxygen atoms in total. The molecule has 3 N–H and O–H groups in total. The molecule has 0 unspecified atom stereocenters. The Morgan fingerprint density at radius 2 is 1.89 bits per heavy atom. The Hall–Kier alpha value is -2.87. The molecular formula is C19H23N5O3. The summed E-state index contributed by atoms with van der Waals surface area (Å²) in [6.07, 6.45) is 2.61. The molecule has 1 aliphatic carbocycles. The fourth-order valence-corrected chi connectivity index (χ4v) is 3.04. The third-order valence-corrected chi connectivity index (χ3v) is 4.74. The maximum absolute atomic E-state index is 12.2. The number of carbonyl (C=O) groups excluding carboxylic acids is 2. The molecule has 0 spiro atoms. The minimum absolute atomic E-state index is 0.105. The van der Waals surface area contributed by atoms with E-state index in [0.717, 1.165) is 11.3 Å². The molecule has 142 valence electrons. The molecule has 2 heterocycles. The molecule has 0 atom stereocenters. The molecule has 2 aliphatic rings. The fraction of sp³-hybridized carbons (Fsp3) is 0.421. The van der Waals surface area contributed by atoms with Gasteiger partial charge in [0, 0.05) is 30.8 Å². The second-order valence-corrected chi connectivity index (χ2v) is 6.93. The number of ether oxygens (including phenoxy) is 1. The van der Waals surface area contributed by atoms with Crippen LogP contribution in [0.5, 0.6) is 0 Å². The number of morpholine rings is 1. The average molecular weight is 369 g/mol. The summed E-state index contributed by atoms with van der Waals surface area (Å²) in [4.78, 5) is 26.1. The Kier molecular flexibility index (Phi) is 5.06. The van der Waals surface area contributed by atoms with Crippen molar-refractivity contribution in [2.24, 2.45) is 0 Å². The van der Waals surface area contributed by atoms with Gasteiger partial charge in [0.25, 0.3) is 0 Å². The second kappa shape index (κ2) is 7.79. The van der Waals surface area contributed by atoms with E-state index < -0.39 is 0 Å². The third-order valence-electron chi connectivity index (χ3n) is 4.74. The first kappa shape index (κ1) is 17.5. The minimum Gasteiger partial charge on any atom is -0.378 e. The molecule has 3 amide bonds. The Balaban J connectivity index is 1.27. The lowest BCUT2D eigenvalue weighted by Crippen LogP contribution is -2.43. The number of nitrogens with zero attached hydrogens (tertiary/aromatic N) is 2. The summed E-state index contributed by atoms with van der Waals surface area (Å²) < 4.78 is 5.25. The SMILES string of the molecule is O=C(Cc1ccc(NC(=O)N2CCOCC2)cc1)Nc1cc(C2CC2)n[nH]1. The van der Waals surface area contributed by atoms with Crippen LogP contribution in [0.3, 0.4) is 0 Å². The first-order valence-corrected chi connectivity index (χ1v) is 9.25. The number of hydrogen-bond donors (Lipinski definition) is 3. The molecule has 1 saturated heterocycles. The van der Waals surface area contributed by atoms with Crippen molar-refractivity contribution >= 4 is 23.4 Å². The number of amides is 3. The molecular weight excluding hydrogens is 346 g/mol. The summed E-state index contributed by atoms with van der Waals surface area (Å²) in [6, 6.07) is 9.08. The van der Waals surface area contributed by atoms with Crippen LogP contribution in [0, 0.1) is 0 Å². The highest BCUT2D eigenvalue weighted by Crippen LogP contribution is 2.39. The zero-order valence-corrected chi connectivity index (χ0v) is 15.0. The van der Waals surface area contributed by atoms with Gasteiger partial charge in [0.2, 0.25) is 5.91 Å². The number of urea groups is 1. The van der Waals surface area contributed by atoms with E-state index in [2.05, 4.69) is 20.8 Å². The quantitative estimate of drug-likeness (QED) is 0.753. The smallest absolute Gasteiger partial charge is 0.321 e. The Morgan fingerprint density at radius 3 is 2.59 bits per heavy atom. The summed E-state index contributed by atoms with van der Waals surface area (Å²) >= 11 is 0. The van der Waals surface area contributed by atoms with E-state index in [0.29, 0.717) is 43.7 Å². The third kappa shape index (κ3) is 4.65. The van der Waals surface area contributed by atoms with E-state index in [1.165, 1.54) is 12.8 Å². The first-order valence-electron chi connectivity index (χ1n) is 9.25. The number of nitrogens with one attached hydrogen (secondary N) is 3. The number of carbonyl (C=O) groups is 2. The molecule has 1 aromatic carbocycles. The standard InChI is InChI=1S/C19H23N5O3/c25-18(21-17-12-16(22-23-17)14-3-4-14)11-13-1-5-15(6-2-13)20-19(26)24-7-9-27-10-8-24/h1-2,5-6,12,14H,3-4,7-11H2,(H,20,26)(H2,21,22,23,25). The number of H-pyrrole nitrogens is 1. The van der Waals surface area contributed by atoms with Gasteiger partial charge in [0.1, 0.15) is 5.82 Å². The Bertz CT molecular complexity index is 807. The van der Waals surface area contributed by atoms with Gasteiger partial charge in [0.15, 0.2) is 0 Å². The molecule has 0 radical (unpaired) electrons. The highest BCUT2D eigenvalue weighted by atomic mass is 16.5. The Morgan fingerprint density at radius 1 is 1.15 bits per heavy atom. The molecule has 8 heteroatoms. The normalized spacial score (nSPS) is 16.8. The van der Waals surface area contributed by atoms with Crippen LogP contribution in [0.25, 0.3) is 0 Å². The number of aromatic amines is 1. The lowest BCUT2D eigenvalue weighted by Gasteiger charge is -2.26. The maximum atomic E-state index is 12.2. The van der Waals surface area contributed by atoms with Crippen molar-refractivity contribution in [1.82, 2.24) is 15.1 Å². The van der Waals surface area contributed by atoms with Gasteiger partial charge in [-0.2, -0.15) is 5.10 Å². The van der Waals surface area contributed by atoms with Crippen LogP contribution >= 0.6 is 0 Å². The zero-order valence-electron chi connectivity index (χ0n) is 15.0. The summed E-state index contributed by atoms with van der Waals surface area (Å²) in [5.41, 5.74) is 2.60. The van der Waals surface area contributed by atoms with Gasteiger partial charge >= 0.3 is 6.03 Å². The number of rotatable bonds is 5. The number of benzene rings is 1. The summed E-state index contributed by atoms with van der Waals surface area (Å²) in [5.74, 6) is 1.08. The van der Waals surface area contributed by atoms with Crippen LogP contribution in [0.1, 0.15) is 30.0 Å². The van der Waals surface area contributed by atoms with Crippen molar-refractivity contribution in [3.63, 3.8) is 0 Å². The van der Waals surface area contributed by atoms with E-state index in [1.54, 1.807) is 4.90 Å². The molecule has 0 bridgehead atoms. The van der Waals surface area contributed by atoms with Crippen molar-refractivity contribution in [3.8, 4) is 0 Å². The minimum atomic E-state index is -0.130. The van der Waals surface area contributed by atoms with E-state index in [9.17, 15) is 9.59 Å². The molecule has 4 rings (SSSR count). The average Bonchev–Trinajstić information content (AvgIpc) is 3.43. The zero-order chi connectivity index (χ0) is 18.6. The fourth-order valence-electron chi connectivity index (χ4n) is 3.04. The summed E-state index contributed by atoms with van der Waals surface area (Å²) in [5, 5.41) is 12.8. The van der Waals surface area contributed by atoms with Gasteiger partial charge in [-0.05, 0) is 30.5 Å². The molecule has 2 fully saturated rings. The van der Waals surface area contributed by atoms with Gasteiger partial charge in [-0.3, -0.25) is 9.89 Å². The molecule has 2 aromatic rings. The Labute approximate surface area is 157 Å². The maximum Gasteiger partial charge on any atom is 0.321 e. The summed E-state index contributed by atoms with van der Waals surface area (Å²) in [6.45, 7) is 2.33. The molecule has 27 heavy (non-hydrogen) atoms. The van der Waals surface area contributed by atoms with Gasteiger partial charge in [-0.1, -0.05) is 12.1 Å². The molecule has 1 aliphatic heterocycles. The van der Waals surface area contributed by atoms with Crippen molar-refractivity contribution in [2.75, 3.05) is 36.9 Å².